The van der Waals surface area contributed by atoms with Crippen molar-refractivity contribution in [3.05, 3.63) is 29.6 Å². The minimum Gasteiger partial charge on any atom is -0.313 e. The van der Waals surface area contributed by atoms with Gasteiger partial charge in [0.25, 0.3) is 0 Å². The molecular formula is C15H26N2. The van der Waals surface area contributed by atoms with E-state index in [9.17, 15) is 0 Å². The Kier molecular flexibility index (Phi) is 6.20. The van der Waals surface area contributed by atoms with Crippen LogP contribution in [0.5, 0.6) is 0 Å². The standard InChI is InChI=1S/C15H26N2/c1-5-7-8-13(6-2)15(16-4)14-9-12(3)10-17-11-14/h9-11,13,15-16H,5-8H2,1-4H3. The van der Waals surface area contributed by atoms with Gasteiger partial charge < -0.3 is 5.32 Å². The minimum atomic E-state index is 0.443. The molecule has 2 atom stereocenters. The van der Waals surface area contributed by atoms with Crippen LogP contribution in [-0.4, -0.2) is 12.0 Å². The molecule has 0 aliphatic heterocycles. The second-order valence-corrected chi connectivity index (χ2v) is 4.87. The third-order valence-electron chi connectivity index (χ3n) is 3.49. The average Bonchev–Trinajstić information content (AvgIpc) is 2.34. The van der Waals surface area contributed by atoms with Crippen LogP contribution in [0.4, 0.5) is 0 Å². The van der Waals surface area contributed by atoms with E-state index < -0.39 is 0 Å². The van der Waals surface area contributed by atoms with Gasteiger partial charge in [0, 0.05) is 18.4 Å². The molecule has 0 saturated heterocycles. The Hall–Kier alpha value is -0.890. The first-order valence-corrected chi connectivity index (χ1v) is 6.81. The minimum absolute atomic E-state index is 0.443. The summed E-state index contributed by atoms with van der Waals surface area (Å²) >= 11 is 0. The van der Waals surface area contributed by atoms with E-state index in [-0.39, 0.29) is 0 Å². The highest BCUT2D eigenvalue weighted by atomic mass is 14.9. The monoisotopic (exact) mass is 234 g/mol. The maximum atomic E-state index is 4.31. The highest BCUT2D eigenvalue weighted by Crippen LogP contribution is 2.28. The molecule has 0 radical (unpaired) electrons. The van der Waals surface area contributed by atoms with Crippen molar-refractivity contribution < 1.29 is 0 Å². The lowest BCUT2D eigenvalue weighted by Crippen LogP contribution is -2.25. The summed E-state index contributed by atoms with van der Waals surface area (Å²) in [7, 11) is 2.06. The summed E-state index contributed by atoms with van der Waals surface area (Å²) in [4.78, 5) is 4.31. The summed E-state index contributed by atoms with van der Waals surface area (Å²) in [6.07, 6.45) is 9.03. The first kappa shape index (κ1) is 14.2. The van der Waals surface area contributed by atoms with Crippen molar-refractivity contribution in [3.8, 4) is 0 Å². The quantitative estimate of drug-likeness (QED) is 0.774. The highest BCUT2D eigenvalue weighted by molar-refractivity contribution is 5.20. The zero-order chi connectivity index (χ0) is 12.7. The van der Waals surface area contributed by atoms with Crippen LogP contribution in [0.1, 0.15) is 56.7 Å². The Balaban J connectivity index is 2.81. The summed E-state index contributed by atoms with van der Waals surface area (Å²) in [5.41, 5.74) is 2.57. The number of pyridine rings is 1. The van der Waals surface area contributed by atoms with Gasteiger partial charge in [0.05, 0.1) is 0 Å². The van der Waals surface area contributed by atoms with Crippen LogP contribution < -0.4 is 5.32 Å². The Labute approximate surface area is 106 Å². The molecule has 2 unspecified atom stereocenters. The fourth-order valence-electron chi connectivity index (χ4n) is 2.50. The number of rotatable bonds is 7. The lowest BCUT2D eigenvalue weighted by Gasteiger charge is -2.26. The number of aromatic nitrogens is 1. The molecule has 0 spiro atoms. The van der Waals surface area contributed by atoms with E-state index in [0.29, 0.717) is 12.0 Å². The maximum absolute atomic E-state index is 4.31. The van der Waals surface area contributed by atoms with Crippen molar-refractivity contribution in [2.75, 3.05) is 7.05 Å². The fourth-order valence-corrected chi connectivity index (χ4v) is 2.50. The van der Waals surface area contributed by atoms with E-state index in [0.717, 1.165) is 0 Å². The summed E-state index contributed by atoms with van der Waals surface area (Å²) in [5.74, 6) is 0.712. The van der Waals surface area contributed by atoms with E-state index in [2.05, 4.69) is 44.2 Å². The molecule has 96 valence electrons. The number of aryl methyl sites for hydroxylation is 1. The molecule has 1 heterocycles. The first-order valence-electron chi connectivity index (χ1n) is 6.81. The van der Waals surface area contributed by atoms with Gasteiger partial charge in [0.2, 0.25) is 0 Å². The van der Waals surface area contributed by atoms with Crippen molar-refractivity contribution in [1.29, 1.82) is 0 Å². The second kappa shape index (κ2) is 7.44. The van der Waals surface area contributed by atoms with E-state index in [1.54, 1.807) is 0 Å². The molecule has 2 heteroatoms. The molecule has 0 fully saturated rings. The van der Waals surface area contributed by atoms with Gasteiger partial charge in [-0.15, -0.1) is 0 Å². The van der Waals surface area contributed by atoms with Crippen LogP contribution in [0.2, 0.25) is 0 Å². The largest absolute Gasteiger partial charge is 0.313 e. The van der Waals surface area contributed by atoms with Crippen LogP contribution in [0, 0.1) is 12.8 Å². The van der Waals surface area contributed by atoms with Crippen molar-refractivity contribution in [3.63, 3.8) is 0 Å². The molecule has 1 aromatic rings. The molecule has 0 amide bonds. The van der Waals surface area contributed by atoms with Crippen LogP contribution in [0.3, 0.4) is 0 Å². The predicted octanol–water partition coefficient (Wildman–Crippen LogP) is 3.87. The summed E-state index contributed by atoms with van der Waals surface area (Å²) in [6.45, 7) is 6.65. The Morgan fingerprint density at radius 2 is 2.06 bits per heavy atom. The normalized spacial score (nSPS) is 14.6. The second-order valence-electron chi connectivity index (χ2n) is 4.87. The third-order valence-corrected chi connectivity index (χ3v) is 3.49. The molecular weight excluding hydrogens is 208 g/mol. The Morgan fingerprint density at radius 3 is 2.59 bits per heavy atom. The van der Waals surface area contributed by atoms with Crippen LogP contribution in [-0.2, 0) is 0 Å². The molecule has 1 N–H and O–H groups in total. The first-order chi connectivity index (χ1) is 8.22. The molecule has 0 aliphatic carbocycles. The molecule has 1 rings (SSSR count). The lowest BCUT2D eigenvalue weighted by molar-refractivity contribution is 0.338. The van der Waals surface area contributed by atoms with Gasteiger partial charge in [0.15, 0.2) is 0 Å². The number of hydrogen-bond donors (Lipinski definition) is 1. The zero-order valence-electron chi connectivity index (χ0n) is 11.7. The van der Waals surface area contributed by atoms with Gasteiger partial charge >= 0.3 is 0 Å². The van der Waals surface area contributed by atoms with E-state index in [4.69, 9.17) is 0 Å². The SMILES string of the molecule is CCCCC(CC)C(NC)c1cncc(C)c1. The Bertz CT molecular complexity index is 322. The third kappa shape index (κ3) is 4.12. The van der Waals surface area contributed by atoms with Crippen LogP contribution in [0.25, 0.3) is 0 Å². The van der Waals surface area contributed by atoms with E-state index >= 15 is 0 Å². The van der Waals surface area contributed by atoms with Crippen molar-refractivity contribution in [2.24, 2.45) is 5.92 Å². The van der Waals surface area contributed by atoms with Crippen molar-refractivity contribution in [1.82, 2.24) is 10.3 Å². The van der Waals surface area contributed by atoms with Crippen LogP contribution >= 0.6 is 0 Å². The van der Waals surface area contributed by atoms with E-state index in [1.807, 2.05) is 12.4 Å². The molecule has 1 aromatic heterocycles. The van der Waals surface area contributed by atoms with Crippen molar-refractivity contribution >= 4 is 0 Å². The number of nitrogens with zero attached hydrogens (tertiary/aromatic N) is 1. The number of nitrogens with one attached hydrogen (secondary N) is 1. The predicted molar refractivity (Wildman–Crippen MR) is 74.1 cm³/mol. The van der Waals surface area contributed by atoms with Gasteiger partial charge in [-0.05, 0) is 37.4 Å². The summed E-state index contributed by atoms with van der Waals surface area (Å²) < 4.78 is 0. The molecule has 0 bridgehead atoms. The number of hydrogen-bond acceptors (Lipinski definition) is 2. The molecule has 0 saturated carbocycles. The molecule has 2 nitrogen and oxygen atoms in total. The molecule has 17 heavy (non-hydrogen) atoms. The zero-order valence-corrected chi connectivity index (χ0v) is 11.7. The molecule has 0 aliphatic rings. The maximum Gasteiger partial charge on any atom is 0.0361 e. The summed E-state index contributed by atoms with van der Waals surface area (Å²) in [5, 5.41) is 3.47. The van der Waals surface area contributed by atoms with Gasteiger partial charge in [-0.1, -0.05) is 39.2 Å². The number of unbranched alkanes of at least 4 members (excludes halogenated alkanes) is 1. The van der Waals surface area contributed by atoms with Crippen molar-refractivity contribution in [2.45, 2.75) is 52.5 Å². The van der Waals surface area contributed by atoms with Gasteiger partial charge in [-0.2, -0.15) is 0 Å². The lowest BCUT2D eigenvalue weighted by atomic mass is 9.87. The van der Waals surface area contributed by atoms with Crippen LogP contribution in [0.15, 0.2) is 18.5 Å². The molecule has 0 aromatic carbocycles. The van der Waals surface area contributed by atoms with Gasteiger partial charge in [-0.25, -0.2) is 0 Å². The topological polar surface area (TPSA) is 24.9 Å². The van der Waals surface area contributed by atoms with Gasteiger partial charge in [-0.3, -0.25) is 4.98 Å². The summed E-state index contributed by atoms with van der Waals surface area (Å²) in [6, 6.07) is 2.70. The van der Waals surface area contributed by atoms with Gasteiger partial charge in [0.1, 0.15) is 0 Å². The average molecular weight is 234 g/mol. The van der Waals surface area contributed by atoms with E-state index in [1.165, 1.54) is 36.8 Å². The highest BCUT2D eigenvalue weighted by Gasteiger charge is 2.19. The smallest absolute Gasteiger partial charge is 0.0361 e. The fraction of sp³-hybridized carbons (Fsp3) is 0.667. The Morgan fingerprint density at radius 1 is 1.29 bits per heavy atom.